The number of ether oxygens (including phenoxy) is 1. The maximum Gasteiger partial charge on any atom is 0.248 e. The predicted molar refractivity (Wildman–Crippen MR) is 117 cm³/mol. The van der Waals surface area contributed by atoms with Crippen molar-refractivity contribution in [1.29, 1.82) is 0 Å². The van der Waals surface area contributed by atoms with Crippen LogP contribution in [0.15, 0.2) is 84.9 Å². The van der Waals surface area contributed by atoms with E-state index in [2.05, 4.69) is 4.57 Å². The topological polar surface area (TPSA) is 77.5 Å². The van der Waals surface area contributed by atoms with Crippen molar-refractivity contribution >= 4 is 5.91 Å². The van der Waals surface area contributed by atoms with E-state index in [1.165, 1.54) is 0 Å². The van der Waals surface area contributed by atoms with Gasteiger partial charge in [0.1, 0.15) is 18.1 Å². The number of benzene rings is 3. The monoisotopic (exact) mass is 398 g/mol. The molecule has 0 aliphatic carbocycles. The van der Waals surface area contributed by atoms with Gasteiger partial charge < -0.3 is 20.1 Å². The van der Waals surface area contributed by atoms with Gasteiger partial charge >= 0.3 is 0 Å². The van der Waals surface area contributed by atoms with Gasteiger partial charge in [0.15, 0.2) is 0 Å². The Morgan fingerprint density at radius 2 is 1.73 bits per heavy atom. The summed E-state index contributed by atoms with van der Waals surface area (Å²) in [6.07, 6.45) is 0. The van der Waals surface area contributed by atoms with Crippen molar-refractivity contribution in [1.82, 2.24) is 4.57 Å². The van der Waals surface area contributed by atoms with Gasteiger partial charge in [-0.05, 0) is 67.1 Å². The van der Waals surface area contributed by atoms with Gasteiger partial charge in [0.2, 0.25) is 5.91 Å². The smallest absolute Gasteiger partial charge is 0.248 e. The Balaban J connectivity index is 1.71. The van der Waals surface area contributed by atoms with Gasteiger partial charge in [-0.1, -0.05) is 30.3 Å². The maximum atomic E-state index is 11.6. The van der Waals surface area contributed by atoms with Crippen LogP contribution < -0.4 is 10.5 Å². The summed E-state index contributed by atoms with van der Waals surface area (Å²) in [5, 5.41) is 9.46. The number of nitrogens with zero attached hydrogens (tertiary/aromatic N) is 1. The highest BCUT2D eigenvalue weighted by Gasteiger charge is 2.15. The van der Waals surface area contributed by atoms with E-state index in [9.17, 15) is 9.90 Å². The second kappa shape index (κ2) is 8.17. The molecule has 1 amide bonds. The predicted octanol–water partition coefficient (Wildman–Crippen LogP) is 4.84. The Kier molecular flexibility index (Phi) is 5.26. The number of aryl methyl sites for hydroxylation is 1. The third-order valence-electron chi connectivity index (χ3n) is 4.96. The summed E-state index contributed by atoms with van der Waals surface area (Å²) < 4.78 is 8.19. The lowest BCUT2D eigenvalue weighted by atomic mass is 10.1. The maximum absolute atomic E-state index is 11.6. The Labute approximate surface area is 175 Å². The van der Waals surface area contributed by atoms with Crippen LogP contribution in [0.25, 0.3) is 16.9 Å². The van der Waals surface area contributed by atoms with Crippen LogP contribution >= 0.6 is 0 Å². The lowest BCUT2D eigenvalue weighted by Crippen LogP contribution is -2.11. The van der Waals surface area contributed by atoms with Crippen LogP contribution in [0, 0.1) is 6.92 Å². The standard InChI is InChI=1S/C25H22N2O3/c1-17-9-14-23(27(17)20-6-4-5-19(15-20)25(26)29)22-7-2-3-8-24(22)30-16-18-10-12-21(28)13-11-18/h2-15,28H,16H2,1H3,(H2,26,29). The summed E-state index contributed by atoms with van der Waals surface area (Å²) in [6.45, 7) is 2.40. The number of primary amides is 1. The number of carbonyl (C=O) groups excluding carboxylic acids is 1. The van der Waals surface area contributed by atoms with E-state index in [1.54, 1.807) is 24.3 Å². The SMILES string of the molecule is Cc1ccc(-c2ccccc2OCc2ccc(O)cc2)n1-c1cccc(C(N)=O)c1. The molecule has 0 spiro atoms. The molecule has 5 heteroatoms. The molecule has 0 unspecified atom stereocenters. The van der Waals surface area contributed by atoms with Gasteiger partial charge in [0.25, 0.3) is 0 Å². The van der Waals surface area contributed by atoms with Gasteiger partial charge in [-0.3, -0.25) is 4.79 Å². The molecule has 0 radical (unpaired) electrons. The van der Waals surface area contributed by atoms with E-state index in [0.717, 1.165) is 34.0 Å². The third kappa shape index (κ3) is 3.91. The minimum atomic E-state index is -0.458. The molecule has 1 heterocycles. The van der Waals surface area contributed by atoms with E-state index >= 15 is 0 Å². The average molecular weight is 398 g/mol. The molecule has 0 saturated heterocycles. The zero-order valence-corrected chi connectivity index (χ0v) is 16.6. The van der Waals surface area contributed by atoms with Gasteiger partial charge in [0, 0.05) is 22.5 Å². The number of hydrogen-bond donors (Lipinski definition) is 2. The summed E-state index contributed by atoms with van der Waals surface area (Å²) in [5.74, 6) is 0.516. The van der Waals surface area contributed by atoms with Crippen LogP contribution in [-0.4, -0.2) is 15.6 Å². The first-order chi connectivity index (χ1) is 14.5. The second-order valence-electron chi connectivity index (χ2n) is 7.06. The summed E-state index contributed by atoms with van der Waals surface area (Å²) in [6, 6.07) is 26.1. The van der Waals surface area contributed by atoms with Crippen molar-refractivity contribution in [3.05, 3.63) is 102 Å². The van der Waals surface area contributed by atoms with Crippen molar-refractivity contribution in [3.8, 4) is 28.4 Å². The zero-order chi connectivity index (χ0) is 21.1. The molecule has 0 aliphatic heterocycles. The molecule has 3 aromatic carbocycles. The van der Waals surface area contributed by atoms with Crippen LogP contribution in [0.4, 0.5) is 0 Å². The number of phenols is 1. The molecular formula is C25H22N2O3. The molecular weight excluding hydrogens is 376 g/mol. The van der Waals surface area contributed by atoms with E-state index in [0.29, 0.717) is 12.2 Å². The van der Waals surface area contributed by atoms with E-state index in [-0.39, 0.29) is 5.75 Å². The summed E-state index contributed by atoms with van der Waals surface area (Å²) in [7, 11) is 0. The minimum Gasteiger partial charge on any atom is -0.508 e. The number of amides is 1. The first-order valence-corrected chi connectivity index (χ1v) is 9.61. The first kappa shape index (κ1) is 19.3. The molecule has 5 nitrogen and oxygen atoms in total. The van der Waals surface area contributed by atoms with Crippen LogP contribution in [0.1, 0.15) is 21.6 Å². The van der Waals surface area contributed by atoms with Crippen molar-refractivity contribution < 1.29 is 14.6 Å². The molecule has 1 aromatic heterocycles. The van der Waals surface area contributed by atoms with E-state index < -0.39 is 5.91 Å². The number of phenolic OH excluding ortho intramolecular Hbond substituents is 1. The Bertz CT molecular complexity index is 1190. The highest BCUT2D eigenvalue weighted by molar-refractivity contribution is 5.93. The van der Waals surface area contributed by atoms with Crippen LogP contribution in [0.3, 0.4) is 0 Å². The average Bonchev–Trinajstić information content (AvgIpc) is 3.15. The normalized spacial score (nSPS) is 10.7. The van der Waals surface area contributed by atoms with Crippen molar-refractivity contribution in [2.75, 3.05) is 0 Å². The quantitative estimate of drug-likeness (QED) is 0.488. The van der Waals surface area contributed by atoms with Crippen LogP contribution in [-0.2, 0) is 6.61 Å². The third-order valence-corrected chi connectivity index (χ3v) is 4.96. The summed E-state index contributed by atoms with van der Waals surface area (Å²) in [4.78, 5) is 11.6. The molecule has 4 rings (SSSR count). The fourth-order valence-electron chi connectivity index (χ4n) is 3.45. The van der Waals surface area contributed by atoms with Crippen molar-refractivity contribution in [2.45, 2.75) is 13.5 Å². The fourth-order valence-corrected chi connectivity index (χ4v) is 3.45. The Morgan fingerprint density at radius 3 is 2.50 bits per heavy atom. The van der Waals surface area contributed by atoms with Gasteiger partial charge in [-0.2, -0.15) is 0 Å². The molecule has 3 N–H and O–H groups in total. The molecule has 0 aliphatic rings. The first-order valence-electron chi connectivity index (χ1n) is 9.61. The van der Waals surface area contributed by atoms with E-state index in [1.807, 2.05) is 67.6 Å². The molecule has 0 bridgehead atoms. The minimum absolute atomic E-state index is 0.227. The Hall–Kier alpha value is -3.99. The zero-order valence-electron chi connectivity index (χ0n) is 16.6. The molecule has 150 valence electrons. The number of nitrogens with two attached hydrogens (primary N) is 1. The van der Waals surface area contributed by atoms with E-state index in [4.69, 9.17) is 10.5 Å². The fraction of sp³-hybridized carbons (Fsp3) is 0.0800. The molecule has 0 atom stereocenters. The highest BCUT2D eigenvalue weighted by atomic mass is 16.5. The number of carbonyl (C=O) groups is 1. The molecule has 30 heavy (non-hydrogen) atoms. The highest BCUT2D eigenvalue weighted by Crippen LogP contribution is 2.34. The van der Waals surface area contributed by atoms with Crippen LogP contribution in [0.5, 0.6) is 11.5 Å². The molecule has 0 fully saturated rings. The largest absolute Gasteiger partial charge is 0.508 e. The lowest BCUT2D eigenvalue weighted by molar-refractivity contribution is 0.1000. The lowest BCUT2D eigenvalue weighted by Gasteiger charge is -2.16. The van der Waals surface area contributed by atoms with Gasteiger partial charge in [-0.25, -0.2) is 0 Å². The van der Waals surface area contributed by atoms with Crippen molar-refractivity contribution in [3.63, 3.8) is 0 Å². The molecule has 4 aromatic rings. The summed E-state index contributed by atoms with van der Waals surface area (Å²) >= 11 is 0. The Morgan fingerprint density at radius 1 is 0.967 bits per heavy atom. The number of aromatic nitrogens is 1. The number of para-hydroxylation sites is 1. The summed E-state index contributed by atoms with van der Waals surface area (Å²) in [5.41, 5.74) is 10.7. The number of rotatable bonds is 6. The van der Waals surface area contributed by atoms with Crippen LogP contribution in [0.2, 0.25) is 0 Å². The van der Waals surface area contributed by atoms with Crippen molar-refractivity contribution in [2.24, 2.45) is 5.73 Å². The number of hydrogen-bond acceptors (Lipinski definition) is 3. The second-order valence-corrected chi connectivity index (χ2v) is 7.06. The molecule has 0 saturated carbocycles. The van der Waals surface area contributed by atoms with Gasteiger partial charge in [-0.15, -0.1) is 0 Å². The number of aromatic hydroxyl groups is 1. The van der Waals surface area contributed by atoms with Gasteiger partial charge in [0.05, 0.1) is 5.69 Å².